The molecule has 6 nitrogen and oxygen atoms in total. The van der Waals surface area contributed by atoms with Crippen molar-refractivity contribution >= 4 is 28.3 Å². The molecule has 0 bridgehead atoms. The maximum absolute atomic E-state index is 11.9. The van der Waals surface area contributed by atoms with Gasteiger partial charge in [-0.15, -0.1) is 0 Å². The fourth-order valence-electron chi connectivity index (χ4n) is 1.61. The van der Waals surface area contributed by atoms with Gasteiger partial charge in [-0.2, -0.15) is 0 Å². The van der Waals surface area contributed by atoms with Crippen LogP contribution in [0.3, 0.4) is 0 Å². The van der Waals surface area contributed by atoms with Gasteiger partial charge in [-0.05, 0) is 26.3 Å². The van der Waals surface area contributed by atoms with Crippen LogP contribution in [-0.4, -0.2) is 39.8 Å². The molecule has 0 aliphatic carbocycles. The van der Waals surface area contributed by atoms with Gasteiger partial charge in [-0.25, -0.2) is 9.78 Å². The summed E-state index contributed by atoms with van der Waals surface area (Å²) in [4.78, 5) is 16.0. The van der Waals surface area contributed by atoms with Gasteiger partial charge < -0.3 is 15.8 Å². The van der Waals surface area contributed by atoms with Crippen molar-refractivity contribution in [3.05, 3.63) is 17.8 Å². The number of carbonyl (C=O) groups is 1. The Bertz CT molecular complexity index is 494. The van der Waals surface area contributed by atoms with Gasteiger partial charge >= 0.3 is 5.97 Å². The van der Waals surface area contributed by atoms with E-state index in [1.54, 1.807) is 13.2 Å². The molecule has 0 aliphatic rings. The third kappa shape index (κ3) is 5.16. The van der Waals surface area contributed by atoms with Crippen LogP contribution in [0.2, 0.25) is 0 Å². The first kappa shape index (κ1) is 16.4. The number of anilines is 2. The van der Waals surface area contributed by atoms with Crippen LogP contribution < -0.4 is 11.1 Å². The Morgan fingerprint density at radius 1 is 1.60 bits per heavy atom. The fourth-order valence-corrected chi connectivity index (χ4v) is 2.29. The lowest BCUT2D eigenvalue weighted by atomic mass is 10.2. The van der Waals surface area contributed by atoms with Gasteiger partial charge in [0.1, 0.15) is 11.4 Å². The zero-order valence-corrected chi connectivity index (χ0v) is 12.8. The first-order valence-corrected chi connectivity index (χ1v) is 8.16. The molecular formula is C13H21N3O3S. The Morgan fingerprint density at radius 3 is 2.90 bits per heavy atom. The Morgan fingerprint density at radius 2 is 2.30 bits per heavy atom. The first-order chi connectivity index (χ1) is 9.43. The molecule has 1 aromatic rings. The maximum Gasteiger partial charge on any atom is 0.341 e. The van der Waals surface area contributed by atoms with E-state index in [0.29, 0.717) is 22.8 Å². The normalized spacial score (nSPS) is 13.6. The summed E-state index contributed by atoms with van der Waals surface area (Å²) in [7, 11) is -0.837. The van der Waals surface area contributed by atoms with Gasteiger partial charge in [0.05, 0.1) is 18.5 Å². The number of esters is 1. The molecule has 0 saturated carbocycles. The van der Waals surface area contributed by atoms with Gasteiger partial charge in [0.15, 0.2) is 0 Å². The number of aromatic nitrogens is 1. The van der Waals surface area contributed by atoms with Gasteiger partial charge in [0.25, 0.3) is 0 Å². The highest BCUT2D eigenvalue weighted by molar-refractivity contribution is 7.84. The highest BCUT2D eigenvalue weighted by Gasteiger charge is 2.16. The van der Waals surface area contributed by atoms with E-state index in [2.05, 4.69) is 10.3 Å². The maximum atomic E-state index is 11.9. The quantitative estimate of drug-likeness (QED) is 0.739. The minimum Gasteiger partial charge on any atom is -0.462 e. The summed E-state index contributed by atoms with van der Waals surface area (Å²) in [5.41, 5.74) is 6.37. The van der Waals surface area contributed by atoms with Crippen molar-refractivity contribution in [1.29, 1.82) is 0 Å². The van der Waals surface area contributed by atoms with Crippen LogP contribution in [0.5, 0.6) is 0 Å². The second-order valence-electron chi connectivity index (χ2n) is 4.50. The van der Waals surface area contributed by atoms with Gasteiger partial charge in [0, 0.05) is 28.9 Å². The molecule has 0 radical (unpaired) electrons. The summed E-state index contributed by atoms with van der Waals surface area (Å²) in [5, 5.41) is 3.13. The van der Waals surface area contributed by atoms with Crippen molar-refractivity contribution in [1.82, 2.24) is 4.98 Å². The molecule has 0 fully saturated rings. The van der Waals surface area contributed by atoms with E-state index in [4.69, 9.17) is 10.5 Å². The molecule has 0 spiro atoms. The van der Waals surface area contributed by atoms with E-state index < -0.39 is 16.8 Å². The minimum absolute atomic E-state index is 0.0446. The second-order valence-corrected chi connectivity index (χ2v) is 6.05. The van der Waals surface area contributed by atoms with Crippen LogP contribution in [0.25, 0.3) is 0 Å². The number of nitrogens with two attached hydrogens (primary N) is 1. The number of nitrogens with zero attached hydrogens (tertiary/aromatic N) is 1. The van der Waals surface area contributed by atoms with E-state index in [1.165, 1.54) is 12.3 Å². The molecule has 1 heterocycles. The highest BCUT2D eigenvalue weighted by atomic mass is 32.2. The Hall–Kier alpha value is -1.63. The molecule has 2 atom stereocenters. The Balaban J connectivity index is 2.83. The minimum atomic E-state index is -0.837. The van der Waals surface area contributed by atoms with Crippen molar-refractivity contribution in [2.75, 3.05) is 29.7 Å². The lowest BCUT2D eigenvalue weighted by Gasteiger charge is -2.16. The van der Waals surface area contributed by atoms with Gasteiger partial charge in [0.2, 0.25) is 0 Å². The van der Waals surface area contributed by atoms with Crippen LogP contribution in [0.15, 0.2) is 12.3 Å². The summed E-state index contributed by atoms with van der Waals surface area (Å²) < 4.78 is 16.1. The van der Waals surface area contributed by atoms with Crippen molar-refractivity contribution in [3.63, 3.8) is 0 Å². The van der Waals surface area contributed by atoms with E-state index in [0.717, 1.165) is 6.42 Å². The number of nitrogen functional groups attached to an aromatic ring is 1. The number of carbonyl (C=O) groups excluding carboxylic acids is 1. The highest BCUT2D eigenvalue weighted by Crippen LogP contribution is 2.18. The molecule has 7 heteroatoms. The summed E-state index contributed by atoms with van der Waals surface area (Å²) in [6.45, 7) is 3.97. The topological polar surface area (TPSA) is 94.3 Å². The molecule has 2 unspecified atom stereocenters. The zero-order valence-electron chi connectivity index (χ0n) is 12.0. The fraction of sp³-hybridized carbons (Fsp3) is 0.538. The van der Waals surface area contributed by atoms with Crippen LogP contribution in [0.4, 0.5) is 11.5 Å². The number of hydrogen-bond donors (Lipinski definition) is 2. The molecule has 1 aromatic heterocycles. The third-order valence-electron chi connectivity index (χ3n) is 2.63. The van der Waals surface area contributed by atoms with Crippen molar-refractivity contribution in [2.45, 2.75) is 26.3 Å². The van der Waals surface area contributed by atoms with E-state index in [-0.39, 0.29) is 12.6 Å². The van der Waals surface area contributed by atoms with Crippen LogP contribution in [-0.2, 0) is 15.5 Å². The third-order valence-corrected chi connectivity index (χ3v) is 3.44. The van der Waals surface area contributed by atoms with Crippen LogP contribution in [0, 0.1) is 0 Å². The van der Waals surface area contributed by atoms with Crippen molar-refractivity contribution in [3.8, 4) is 0 Å². The number of pyridine rings is 1. The number of hydrogen-bond acceptors (Lipinski definition) is 6. The molecule has 0 aromatic carbocycles. The SMILES string of the molecule is CCOC(=O)c1cc(N)cnc1NC(C)CCS(C)=O. The number of rotatable bonds is 7. The summed E-state index contributed by atoms with van der Waals surface area (Å²) in [5.74, 6) is 0.575. The van der Waals surface area contributed by atoms with Crippen LogP contribution >= 0.6 is 0 Å². The first-order valence-electron chi connectivity index (χ1n) is 6.43. The predicted molar refractivity (Wildman–Crippen MR) is 81.2 cm³/mol. The van der Waals surface area contributed by atoms with Crippen molar-refractivity contribution in [2.24, 2.45) is 0 Å². The number of nitrogens with one attached hydrogen (secondary N) is 1. The molecule has 0 aliphatic heterocycles. The summed E-state index contributed by atoms with van der Waals surface area (Å²) >= 11 is 0. The largest absolute Gasteiger partial charge is 0.462 e. The Labute approximate surface area is 121 Å². The average molecular weight is 299 g/mol. The monoisotopic (exact) mass is 299 g/mol. The molecule has 112 valence electrons. The molecule has 1 rings (SSSR count). The lowest BCUT2D eigenvalue weighted by molar-refractivity contribution is 0.0527. The summed E-state index contributed by atoms with van der Waals surface area (Å²) in [6.07, 6.45) is 3.87. The van der Waals surface area contributed by atoms with Gasteiger partial charge in [-0.3, -0.25) is 4.21 Å². The molecule has 0 saturated heterocycles. The predicted octanol–water partition coefficient (Wildman–Crippen LogP) is 1.41. The van der Waals surface area contributed by atoms with E-state index >= 15 is 0 Å². The number of ether oxygens (including phenoxy) is 1. The molecule has 3 N–H and O–H groups in total. The second kappa shape index (κ2) is 7.84. The average Bonchev–Trinajstić information content (AvgIpc) is 2.38. The molecule has 0 amide bonds. The molecular weight excluding hydrogens is 278 g/mol. The Kier molecular flexibility index (Phi) is 6.44. The smallest absolute Gasteiger partial charge is 0.341 e. The lowest BCUT2D eigenvalue weighted by Crippen LogP contribution is -2.21. The van der Waals surface area contributed by atoms with Crippen molar-refractivity contribution < 1.29 is 13.7 Å². The zero-order chi connectivity index (χ0) is 15.1. The van der Waals surface area contributed by atoms with Gasteiger partial charge in [-0.1, -0.05) is 0 Å². The van der Waals surface area contributed by atoms with E-state index in [9.17, 15) is 9.00 Å². The van der Waals surface area contributed by atoms with Crippen LogP contribution in [0.1, 0.15) is 30.6 Å². The molecule has 20 heavy (non-hydrogen) atoms. The summed E-state index contributed by atoms with van der Waals surface area (Å²) in [6, 6.07) is 1.58. The standard InChI is InChI=1S/C13H21N3O3S/c1-4-19-13(17)11-7-10(14)8-15-12(11)16-9(2)5-6-20(3)18/h7-9H,4-6,14H2,1-3H3,(H,15,16). The van der Waals surface area contributed by atoms with E-state index in [1.807, 2.05) is 6.92 Å².